The van der Waals surface area contributed by atoms with Gasteiger partial charge in [0.2, 0.25) is 0 Å². The van der Waals surface area contributed by atoms with Crippen LogP contribution in [0.2, 0.25) is 0 Å². The number of nitrogens with two attached hydrogens (primary N) is 1. The summed E-state index contributed by atoms with van der Waals surface area (Å²) in [6.45, 7) is 10.8. The Morgan fingerprint density at radius 2 is 2.28 bits per heavy atom. The molecule has 1 aromatic heterocycles. The Hall–Kier alpha value is -1.13. The van der Waals surface area contributed by atoms with Crippen LogP contribution in [0.25, 0.3) is 0 Å². The van der Waals surface area contributed by atoms with Gasteiger partial charge in [0.15, 0.2) is 0 Å². The quantitative estimate of drug-likeness (QED) is 0.883. The summed E-state index contributed by atoms with van der Waals surface area (Å²) in [6.07, 6.45) is 1.86. The van der Waals surface area contributed by atoms with E-state index in [1.807, 2.05) is 19.2 Å². The van der Waals surface area contributed by atoms with Crippen LogP contribution in [0.5, 0.6) is 0 Å². The monoisotopic (exact) mass is 248 g/mol. The standard InChI is InChI=1S/C14H24N4/c1-4-17-8-9-18(10-11(17)2)14-13(12(3)15)6-5-7-16-14/h5-7,11-12H,4,8-10,15H2,1-3H3/t11?,12-/m0/s1. The van der Waals surface area contributed by atoms with Gasteiger partial charge in [-0.2, -0.15) is 0 Å². The summed E-state index contributed by atoms with van der Waals surface area (Å²) < 4.78 is 0. The molecular formula is C14H24N4. The molecule has 2 rings (SSSR count). The van der Waals surface area contributed by atoms with Gasteiger partial charge in [-0.05, 0) is 26.5 Å². The van der Waals surface area contributed by atoms with Gasteiger partial charge in [0.25, 0.3) is 0 Å². The number of nitrogens with zero attached hydrogens (tertiary/aromatic N) is 3. The molecule has 4 heteroatoms. The predicted octanol–water partition coefficient (Wildman–Crippen LogP) is 1.63. The van der Waals surface area contributed by atoms with Crippen LogP contribution < -0.4 is 10.6 Å². The Labute approximate surface area is 110 Å². The van der Waals surface area contributed by atoms with E-state index >= 15 is 0 Å². The maximum absolute atomic E-state index is 6.03. The van der Waals surface area contributed by atoms with Gasteiger partial charge >= 0.3 is 0 Å². The second-order valence-corrected chi connectivity index (χ2v) is 5.13. The van der Waals surface area contributed by atoms with Crippen molar-refractivity contribution in [3.63, 3.8) is 0 Å². The first-order valence-corrected chi connectivity index (χ1v) is 6.83. The minimum Gasteiger partial charge on any atom is -0.354 e. The SMILES string of the molecule is CCN1CCN(c2ncccc2[C@H](C)N)CC1C. The molecule has 0 saturated carbocycles. The number of likely N-dealkylation sites (N-methyl/N-ethyl adjacent to an activating group) is 1. The molecule has 0 amide bonds. The van der Waals surface area contributed by atoms with E-state index in [0.29, 0.717) is 6.04 Å². The number of aromatic nitrogens is 1. The number of pyridine rings is 1. The van der Waals surface area contributed by atoms with E-state index in [2.05, 4.69) is 34.7 Å². The molecule has 2 atom stereocenters. The summed E-state index contributed by atoms with van der Waals surface area (Å²) in [5.41, 5.74) is 7.18. The highest BCUT2D eigenvalue weighted by atomic mass is 15.3. The van der Waals surface area contributed by atoms with E-state index in [0.717, 1.165) is 37.6 Å². The molecule has 1 saturated heterocycles. The third kappa shape index (κ3) is 2.65. The Morgan fingerprint density at radius 1 is 1.50 bits per heavy atom. The molecule has 0 aromatic carbocycles. The molecule has 2 N–H and O–H groups in total. The summed E-state index contributed by atoms with van der Waals surface area (Å²) in [6, 6.07) is 4.66. The van der Waals surface area contributed by atoms with Crippen LogP contribution in [-0.4, -0.2) is 42.1 Å². The highest BCUT2D eigenvalue weighted by Crippen LogP contribution is 2.24. The van der Waals surface area contributed by atoms with Gasteiger partial charge in [-0.25, -0.2) is 4.98 Å². The Balaban J connectivity index is 2.18. The van der Waals surface area contributed by atoms with E-state index in [9.17, 15) is 0 Å². The van der Waals surface area contributed by atoms with Crippen LogP contribution >= 0.6 is 0 Å². The number of piperazine rings is 1. The van der Waals surface area contributed by atoms with Crippen molar-refractivity contribution in [3.05, 3.63) is 23.9 Å². The molecular weight excluding hydrogens is 224 g/mol. The highest BCUT2D eigenvalue weighted by molar-refractivity contribution is 5.48. The molecule has 1 aliphatic heterocycles. The van der Waals surface area contributed by atoms with Crippen LogP contribution in [0.3, 0.4) is 0 Å². The molecule has 1 fully saturated rings. The van der Waals surface area contributed by atoms with Crippen molar-refractivity contribution >= 4 is 5.82 Å². The fourth-order valence-electron chi connectivity index (χ4n) is 2.69. The van der Waals surface area contributed by atoms with Gasteiger partial charge in [0.1, 0.15) is 5.82 Å². The third-order valence-electron chi connectivity index (χ3n) is 3.78. The number of hydrogen-bond donors (Lipinski definition) is 1. The lowest BCUT2D eigenvalue weighted by atomic mass is 10.1. The zero-order valence-corrected chi connectivity index (χ0v) is 11.6. The van der Waals surface area contributed by atoms with Gasteiger partial charge in [-0.1, -0.05) is 13.0 Å². The lowest BCUT2D eigenvalue weighted by molar-refractivity contribution is 0.199. The van der Waals surface area contributed by atoms with Crippen LogP contribution in [-0.2, 0) is 0 Å². The normalized spacial score (nSPS) is 23.1. The van der Waals surface area contributed by atoms with Crippen molar-refractivity contribution in [1.82, 2.24) is 9.88 Å². The third-order valence-corrected chi connectivity index (χ3v) is 3.78. The van der Waals surface area contributed by atoms with E-state index in [4.69, 9.17) is 5.73 Å². The molecule has 0 bridgehead atoms. The summed E-state index contributed by atoms with van der Waals surface area (Å²) in [7, 11) is 0. The molecule has 0 spiro atoms. The smallest absolute Gasteiger partial charge is 0.133 e. The van der Waals surface area contributed by atoms with Crippen molar-refractivity contribution in [2.45, 2.75) is 32.9 Å². The largest absolute Gasteiger partial charge is 0.354 e. The minimum atomic E-state index is 0.0354. The highest BCUT2D eigenvalue weighted by Gasteiger charge is 2.24. The van der Waals surface area contributed by atoms with E-state index in [1.54, 1.807) is 0 Å². The molecule has 0 aliphatic carbocycles. The molecule has 2 heterocycles. The molecule has 4 nitrogen and oxygen atoms in total. The Morgan fingerprint density at radius 3 is 2.89 bits per heavy atom. The van der Waals surface area contributed by atoms with Gasteiger partial charge in [0, 0.05) is 43.5 Å². The molecule has 1 unspecified atom stereocenters. The lowest BCUT2D eigenvalue weighted by Crippen LogP contribution is -2.52. The van der Waals surface area contributed by atoms with Crippen molar-refractivity contribution in [1.29, 1.82) is 0 Å². The fourth-order valence-corrected chi connectivity index (χ4v) is 2.69. The topological polar surface area (TPSA) is 45.4 Å². The molecule has 1 aliphatic rings. The van der Waals surface area contributed by atoms with Crippen molar-refractivity contribution in [2.75, 3.05) is 31.1 Å². The summed E-state index contributed by atoms with van der Waals surface area (Å²) in [4.78, 5) is 9.41. The number of anilines is 1. The average molecular weight is 248 g/mol. The Kier molecular flexibility index (Phi) is 4.19. The van der Waals surface area contributed by atoms with Crippen molar-refractivity contribution in [2.24, 2.45) is 5.73 Å². The van der Waals surface area contributed by atoms with Gasteiger partial charge in [-0.15, -0.1) is 0 Å². The maximum atomic E-state index is 6.03. The predicted molar refractivity (Wildman–Crippen MR) is 75.8 cm³/mol. The molecule has 18 heavy (non-hydrogen) atoms. The summed E-state index contributed by atoms with van der Waals surface area (Å²) in [5, 5.41) is 0. The van der Waals surface area contributed by atoms with Gasteiger partial charge < -0.3 is 10.6 Å². The summed E-state index contributed by atoms with van der Waals surface area (Å²) >= 11 is 0. The second-order valence-electron chi connectivity index (χ2n) is 5.13. The van der Waals surface area contributed by atoms with Crippen molar-refractivity contribution in [3.8, 4) is 0 Å². The molecule has 100 valence electrons. The number of hydrogen-bond acceptors (Lipinski definition) is 4. The minimum absolute atomic E-state index is 0.0354. The molecule has 0 radical (unpaired) electrons. The second kappa shape index (κ2) is 5.67. The zero-order valence-electron chi connectivity index (χ0n) is 11.6. The van der Waals surface area contributed by atoms with Crippen LogP contribution in [0.4, 0.5) is 5.82 Å². The van der Waals surface area contributed by atoms with E-state index in [-0.39, 0.29) is 6.04 Å². The summed E-state index contributed by atoms with van der Waals surface area (Å²) in [5.74, 6) is 1.06. The number of rotatable bonds is 3. The van der Waals surface area contributed by atoms with Gasteiger partial charge in [0.05, 0.1) is 0 Å². The first-order chi connectivity index (χ1) is 8.63. The van der Waals surface area contributed by atoms with Crippen LogP contribution in [0.15, 0.2) is 18.3 Å². The van der Waals surface area contributed by atoms with E-state index < -0.39 is 0 Å². The first-order valence-electron chi connectivity index (χ1n) is 6.83. The first kappa shape index (κ1) is 13.3. The van der Waals surface area contributed by atoms with E-state index in [1.165, 1.54) is 0 Å². The Bertz CT molecular complexity index is 391. The van der Waals surface area contributed by atoms with Crippen molar-refractivity contribution < 1.29 is 0 Å². The lowest BCUT2D eigenvalue weighted by Gasteiger charge is -2.40. The van der Waals surface area contributed by atoms with Crippen LogP contribution in [0.1, 0.15) is 32.4 Å². The zero-order chi connectivity index (χ0) is 13.1. The van der Waals surface area contributed by atoms with Crippen LogP contribution in [0, 0.1) is 0 Å². The fraction of sp³-hybridized carbons (Fsp3) is 0.643. The maximum Gasteiger partial charge on any atom is 0.133 e. The molecule has 1 aromatic rings. The van der Waals surface area contributed by atoms with Gasteiger partial charge in [-0.3, -0.25) is 4.90 Å². The average Bonchev–Trinajstić information content (AvgIpc) is 2.38.